The summed E-state index contributed by atoms with van der Waals surface area (Å²) < 4.78 is 5.21. The van der Waals surface area contributed by atoms with Crippen molar-refractivity contribution in [2.45, 2.75) is 32.3 Å². The fraction of sp³-hybridized carbons (Fsp3) is 0.273. The van der Waals surface area contributed by atoms with E-state index in [0.29, 0.717) is 12.2 Å². The molecule has 2 aromatic rings. The fourth-order valence-electron chi connectivity index (χ4n) is 2.55. The predicted octanol–water partition coefficient (Wildman–Crippen LogP) is 3.00. The molecule has 0 aliphatic rings. The Balaban J connectivity index is 1.83. The van der Waals surface area contributed by atoms with Crippen LogP contribution in [-0.2, 0) is 14.3 Å². The van der Waals surface area contributed by atoms with Crippen LogP contribution < -0.4 is 10.6 Å². The summed E-state index contributed by atoms with van der Waals surface area (Å²) in [5.74, 6) is -1.31. The van der Waals surface area contributed by atoms with Gasteiger partial charge in [0, 0.05) is 12.2 Å². The SMILES string of the molecule is C[C@H](OC(=O)c1ccc(NC(=O)CC#N)cc1)C(=O)NC[C@H](C)c1ccccc1. The summed E-state index contributed by atoms with van der Waals surface area (Å²) in [5.41, 5.74) is 1.82. The van der Waals surface area contributed by atoms with E-state index >= 15 is 0 Å². The second kappa shape index (κ2) is 10.6. The van der Waals surface area contributed by atoms with E-state index < -0.39 is 18.0 Å². The van der Waals surface area contributed by atoms with Crippen molar-refractivity contribution in [1.82, 2.24) is 5.32 Å². The van der Waals surface area contributed by atoms with Crippen LogP contribution in [0.1, 0.15) is 42.1 Å². The summed E-state index contributed by atoms with van der Waals surface area (Å²) in [6.07, 6.45) is -1.19. The number of nitrogens with zero attached hydrogens (tertiary/aromatic N) is 1. The Morgan fingerprint density at radius 3 is 2.31 bits per heavy atom. The highest BCUT2D eigenvalue weighted by atomic mass is 16.5. The first-order valence-electron chi connectivity index (χ1n) is 9.21. The Morgan fingerprint density at radius 1 is 1.03 bits per heavy atom. The first-order valence-corrected chi connectivity index (χ1v) is 9.21. The number of rotatable bonds is 8. The van der Waals surface area contributed by atoms with Crippen molar-refractivity contribution in [2.75, 3.05) is 11.9 Å². The first-order chi connectivity index (χ1) is 13.9. The number of esters is 1. The number of hydrogen-bond acceptors (Lipinski definition) is 5. The lowest BCUT2D eigenvalue weighted by Crippen LogP contribution is -2.37. The molecule has 29 heavy (non-hydrogen) atoms. The van der Waals surface area contributed by atoms with Gasteiger partial charge in [0.15, 0.2) is 6.10 Å². The van der Waals surface area contributed by atoms with Gasteiger partial charge in [-0.25, -0.2) is 4.79 Å². The van der Waals surface area contributed by atoms with Crippen molar-refractivity contribution in [3.8, 4) is 6.07 Å². The van der Waals surface area contributed by atoms with Crippen LogP contribution in [0.2, 0.25) is 0 Å². The van der Waals surface area contributed by atoms with Crippen molar-refractivity contribution in [3.05, 3.63) is 65.7 Å². The minimum Gasteiger partial charge on any atom is -0.449 e. The second-order valence-electron chi connectivity index (χ2n) is 6.56. The lowest BCUT2D eigenvalue weighted by atomic mass is 10.0. The summed E-state index contributed by atoms with van der Waals surface area (Å²) in [5, 5.41) is 13.8. The number of anilines is 1. The van der Waals surface area contributed by atoms with Gasteiger partial charge in [-0.3, -0.25) is 9.59 Å². The van der Waals surface area contributed by atoms with Gasteiger partial charge < -0.3 is 15.4 Å². The molecule has 150 valence electrons. The third kappa shape index (κ3) is 6.78. The van der Waals surface area contributed by atoms with Crippen LogP contribution in [-0.4, -0.2) is 30.4 Å². The van der Waals surface area contributed by atoms with Crippen LogP contribution in [0.25, 0.3) is 0 Å². The Morgan fingerprint density at radius 2 is 1.69 bits per heavy atom. The molecule has 0 spiro atoms. The summed E-state index contributed by atoms with van der Waals surface area (Å²) in [6.45, 7) is 3.95. The van der Waals surface area contributed by atoms with Crippen LogP contribution in [0.3, 0.4) is 0 Å². The average molecular weight is 393 g/mol. The van der Waals surface area contributed by atoms with Crippen LogP contribution in [0.5, 0.6) is 0 Å². The van der Waals surface area contributed by atoms with Crippen LogP contribution in [0.15, 0.2) is 54.6 Å². The second-order valence-corrected chi connectivity index (χ2v) is 6.56. The quantitative estimate of drug-likeness (QED) is 0.670. The molecule has 0 heterocycles. The summed E-state index contributed by atoms with van der Waals surface area (Å²) in [4.78, 5) is 35.8. The van der Waals surface area contributed by atoms with Crippen LogP contribution >= 0.6 is 0 Å². The molecule has 2 aromatic carbocycles. The van der Waals surface area contributed by atoms with E-state index in [1.165, 1.54) is 31.2 Å². The molecule has 7 heteroatoms. The Hall–Kier alpha value is -3.66. The zero-order valence-corrected chi connectivity index (χ0v) is 16.3. The molecule has 0 bridgehead atoms. The zero-order chi connectivity index (χ0) is 21.2. The molecule has 2 rings (SSSR count). The van der Waals surface area contributed by atoms with Gasteiger partial charge in [-0.15, -0.1) is 0 Å². The minimum absolute atomic E-state index is 0.131. The molecule has 0 radical (unpaired) electrons. The van der Waals surface area contributed by atoms with Crippen LogP contribution in [0, 0.1) is 11.3 Å². The van der Waals surface area contributed by atoms with E-state index in [1.807, 2.05) is 37.3 Å². The largest absolute Gasteiger partial charge is 0.449 e. The molecule has 0 unspecified atom stereocenters. The lowest BCUT2D eigenvalue weighted by Gasteiger charge is -2.17. The molecule has 2 amide bonds. The van der Waals surface area contributed by atoms with E-state index in [0.717, 1.165) is 5.56 Å². The highest BCUT2D eigenvalue weighted by molar-refractivity contribution is 5.94. The predicted molar refractivity (Wildman–Crippen MR) is 108 cm³/mol. The molecular formula is C22H23N3O4. The number of nitriles is 1. The zero-order valence-electron chi connectivity index (χ0n) is 16.3. The molecule has 0 aliphatic carbocycles. The van der Waals surface area contributed by atoms with Gasteiger partial charge in [-0.05, 0) is 42.7 Å². The van der Waals surface area contributed by atoms with Crippen molar-refractivity contribution in [3.63, 3.8) is 0 Å². The molecule has 0 saturated heterocycles. The number of nitrogens with one attached hydrogen (secondary N) is 2. The fourth-order valence-corrected chi connectivity index (χ4v) is 2.55. The molecule has 0 aromatic heterocycles. The smallest absolute Gasteiger partial charge is 0.338 e. The number of carbonyl (C=O) groups excluding carboxylic acids is 3. The summed E-state index contributed by atoms with van der Waals surface area (Å²) in [6, 6.07) is 17.6. The normalized spacial score (nSPS) is 12.2. The number of benzene rings is 2. The third-order valence-corrected chi connectivity index (χ3v) is 4.25. The van der Waals surface area contributed by atoms with E-state index in [1.54, 1.807) is 6.07 Å². The number of ether oxygens (including phenoxy) is 1. The van der Waals surface area contributed by atoms with Gasteiger partial charge in [-0.2, -0.15) is 5.26 Å². The standard InChI is InChI=1S/C22H23N3O4/c1-15(17-6-4-3-5-7-17)14-24-21(27)16(2)29-22(28)18-8-10-19(11-9-18)25-20(26)12-13-23/h3-11,15-16H,12,14H2,1-2H3,(H,24,27)(H,25,26)/t15-,16-/m0/s1. The monoisotopic (exact) mass is 393 g/mol. The molecule has 0 saturated carbocycles. The highest BCUT2D eigenvalue weighted by Crippen LogP contribution is 2.14. The van der Waals surface area contributed by atoms with E-state index in [-0.39, 0.29) is 23.8 Å². The molecule has 7 nitrogen and oxygen atoms in total. The van der Waals surface area contributed by atoms with Crippen LogP contribution in [0.4, 0.5) is 5.69 Å². The molecule has 2 N–H and O–H groups in total. The maximum Gasteiger partial charge on any atom is 0.338 e. The minimum atomic E-state index is -0.944. The van der Waals surface area contributed by atoms with Crippen molar-refractivity contribution < 1.29 is 19.1 Å². The number of amides is 2. The number of carbonyl (C=O) groups is 3. The third-order valence-electron chi connectivity index (χ3n) is 4.25. The van der Waals surface area contributed by atoms with Gasteiger partial charge in [-0.1, -0.05) is 37.3 Å². The summed E-state index contributed by atoms with van der Waals surface area (Å²) >= 11 is 0. The van der Waals surface area contributed by atoms with Gasteiger partial charge in [0.1, 0.15) is 6.42 Å². The van der Waals surface area contributed by atoms with Crippen molar-refractivity contribution in [2.24, 2.45) is 0 Å². The van der Waals surface area contributed by atoms with Gasteiger partial charge in [0.2, 0.25) is 5.91 Å². The molecular weight excluding hydrogens is 370 g/mol. The highest BCUT2D eigenvalue weighted by Gasteiger charge is 2.19. The Kier molecular flexibility index (Phi) is 7.92. The van der Waals surface area contributed by atoms with Gasteiger partial charge in [0.05, 0.1) is 11.6 Å². The van der Waals surface area contributed by atoms with Crippen molar-refractivity contribution in [1.29, 1.82) is 5.26 Å². The Labute approximate surface area is 169 Å². The van der Waals surface area contributed by atoms with Gasteiger partial charge in [0.25, 0.3) is 5.91 Å². The molecule has 2 atom stereocenters. The topological polar surface area (TPSA) is 108 Å². The maximum atomic E-state index is 12.2. The van der Waals surface area contributed by atoms with E-state index in [9.17, 15) is 14.4 Å². The van der Waals surface area contributed by atoms with Crippen molar-refractivity contribution >= 4 is 23.5 Å². The molecule has 0 aliphatic heterocycles. The first kappa shape index (κ1) is 21.6. The number of hydrogen-bond donors (Lipinski definition) is 2. The lowest BCUT2D eigenvalue weighted by molar-refractivity contribution is -0.129. The van der Waals surface area contributed by atoms with Gasteiger partial charge >= 0.3 is 5.97 Å². The average Bonchev–Trinajstić information content (AvgIpc) is 2.72. The van der Waals surface area contributed by atoms with E-state index in [4.69, 9.17) is 10.00 Å². The Bertz CT molecular complexity index is 889. The maximum absolute atomic E-state index is 12.2. The summed E-state index contributed by atoms with van der Waals surface area (Å²) in [7, 11) is 0. The van der Waals surface area contributed by atoms with E-state index in [2.05, 4.69) is 10.6 Å². The molecule has 0 fully saturated rings.